The van der Waals surface area contributed by atoms with Crippen molar-refractivity contribution in [1.82, 2.24) is 45.2 Å². The van der Waals surface area contributed by atoms with Crippen LogP contribution in [0.2, 0.25) is 0 Å². The van der Waals surface area contributed by atoms with Gasteiger partial charge in [-0.05, 0) is 74.7 Å². The number of amides is 7. The maximum absolute atomic E-state index is 13.3. The lowest BCUT2D eigenvalue weighted by Gasteiger charge is -2.35. The summed E-state index contributed by atoms with van der Waals surface area (Å²) >= 11 is 0. The van der Waals surface area contributed by atoms with E-state index in [1.54, 1.807) is 18.2 Å². The summed E-state index contributed by atoms with van der Waals surface area (Å²) in [7, 11) is 0. The maximum Gasteiger partial charge on any atom is 0.408 e. The van der Waals surface area contributed by atoms with Gasteiger partial charge in [0.15, 0.2) is 34.8 Å². The van der Waals surface area contributed by atoms with Crippen LogP contribution in [0.4, 0.5) is 106 Å². The number of anilines is 9. The topological polar surface area (TPSA) is 422 Å². The number of nitrogens with zero attached hydrogens (tertiary/aromatic N) is 14. The molecule has 108 heavy (non-hydrogen) atoms. The number of fused-ring (bicyclic) bond motifs is 12. The first kappa shape index (κ1) is 79.9. The van der Waals surface area contributed by atoms with E-state index in [1.807, 2.05) is 20.0 Å². The van der Waals surface area contributed by atoms with Gasteiger partial charge in [-0.25, -0.2) is 39.3 Å². The molecule has 0 aromatic carbocycles. The summed E-state index contributed by atoms with van der Waals surface area (Å²) in [6.45, 7) is 4.26. The number of aliphatic hydroxyl groups excluding tert-OH is 6. The van der Waals surface area contributed by atoms with Crippen LogP contribution in [-0.4, -0.2) is 246 Å². The highest BCUT2D eigenvalue weighted by atomic mass is 19.4. The van der Waals surface area contributed by atoms with Gasteiger partial charge in [-0.1, -0.05) is 13.8 Å². The third-order valence-electron chi connectivity index (χ3n) is 17.8. The molecule has 3 fully saturated rings. The fourth-order valence-electron chi connectivity index (χ4n) is 11.9. The summed E-state index contributed by atoms with van der Waals surface area (Å²) in [5.41, 5.74) is 1.24. The summed E-state index contributed by atoms with van der Waals surface area (Å²) < 4.78 is 132. The monoisotopic (exact) mass is 1530 g/mol. The SMILES string of the molecule is C[C@@H](CC(=O)c1ccc2c(n1)N(C(=O)Nc1cncc(OC[C@@H](O)CO)n1)[C@H]1CCN2C1)C(F)(F)F.C[C@@H](CC(=O)c1ccc2c(n1)N(C(=O)Nc1nccc(OC[C@@H](O)CO)n1)[C@H]1CCN2C1)C(F)(F)F.C[C@@H](NC(=O)c1ccc2c(n1)N(C(=O)Nc1ccc(OC[C@@H](O)CO)cn1)[C@H]1CCN2C1)C(F)(F)F. The predicted molar refractivity (Wildman–Crippen MR) is 364 cm³/mol. The van der Waals surface area contributed by atoms with Gasteiger partial charge in [0, 0.05) is 64.4 Å². The van der Waals surface area contributed by atoms with Gasteiger partial charge in [-0.15, -0.1) is 0 Å². The standard InChI is InChI=1S/3C22H25F3N6O5/c1-12(22(23,24)25)27-20(34)16-3-4-17-19(28-16)31(13-6-7-30(17)9-13)21(35)29-18-5-2-15(8-26-18)36-11-14(33)10-32;1-12(22(23,24)25)8-17(34)15-2-3-16-19(27-15)31(13-5-7-30(16)9-13)21(35)29-20-26-6-4-18(28-20)36-11-14(33)10-32;1-12(22(23,24)25)6-17(34)15-2-3-16-20(27-15)31(13-4-5-30(16)9-13)21(35)29-18-7-26-8-19(28-18)36-11-14(33)10-32/h2-5,8,12-14,32-33H,6-7,9-11H2,1H3,(H,27,34)(H,26,29,35);2-4,6,12-14,32-33H,5,7-11H2,1H3,(H,26,28,29,35);2-3,7-8,12-14,32-33H,4-6,9-11H2,1H3,(H,28,29,35)/t12-,13+,14+;2*12-,13-,14-/m100/s1. The van der Waals surface area contributed by atoms with Gasteiger partial charge in [0.25, 0.3) is 5.91 Å². The fourth-order valence-corrected chi connectivity index (χ4v) is 11.9. The summed E-state index contributed by atoms with van der Waals surface area (Å²) in [6.07, 6.45) is -11.2. The second kappa shape index (κ2) is 34.0. The number of carbonyl (C=O) groups is 6. The number of aliphatic hydroxyl groups is 6. The normalized spacial score (nSPS) is 18.4. The van der Waals surface area contributed by atoms with Crippen LogP contribution in [0.1, 0.15) is 84.3 Å². The van der Waals surface area contributed by atoms with Crippen molar-refractivity contribution in [2.45, 2.75) is 114 Å². The first-order valence-corrected chi connectivity index (χ1v) is 33.7. The largest absolute Gasteiger partial charge is 0.489 e. The van der Waals surface area contributed by atoms with Gasteiger partial charge in [-0.2, -0.15) is 49.5 Å². The zero-order valence-electron chi connectivity index (χ0n) is 57.7. The highest BCUT2D eigenvalue weighted by Crippen LogP contribution is 2.43. The molecule has 12 heterocycles. The Balaban J connectivity index is 0.000000173. The average Bonchev–Trinajstić information content (AvgIpc) is 1.56. The van der Waals surface area contributed by atoms with Crippen molar-refractivity contribution < 1.29 is 113 Å². The molecule has 0 saturated carbocycles. The second-order valence-corrected chi connectivity index (χ2v) is 25.8. The summed E-state index contributed by atoms with van der Waals surface area (Å²) in [6, 6.07) is 8.62. The van der Waals surface area contributed by atoms with Crippen LogP contribution in [0, 0.1) is 11.8 Å². The number of aromatic nitrogens is 8. The molecule has 3 saturated heterocycles. The predicted octanol–water partition coefficient (Wildman–Crippen LogP) is 5.53. The summed E-state index contributed by atoms with van der Waals surface area (Å²) in [5.74, 6) is -5.12. The summed E-state index contributed by atoms with van der Waals surface area (Å²) in [4.78, 5) is 120. The zero-order chi connectivity index (χ0) is 78.1. The van der Waals surface area contributed by atoms with Crippen LogP contribution in [-0.2, 0) is 0 Å². The van der Waals surface area contributed by atoms with E-state index in [0.29, 0.717) is 81.3 Å². The number of alkyl halides is 9. The number of pyridine rings is 4. The number of ketones is 2. The highest BCUT2D eigenvalue weighted by Gasteiger charge is 2.46. The van der Waals surface area contributed by atoms with Gasteiger partial charge in [-0.3, -0.25) is 50.0 Å². The summed E-state index contributed by atoms with van der Waals surface area (Å²) in [5, 5.41) is 64.5. The van der Waals surface area contributed by atoms with Crippen molar-refractivity contribution in [3.8, 4) is 17.5 Å². The first-order chi connectivity index (χ1) is 51.2. The minimum absolute atomic E-state index is 0.0104. The lowest BCUT2D eigenvalue weighted by molar-refractivity contribution is -0.169. The first-order valence-electron chi connectivity index (χ1n) is 33.7. The Morgan fingerprint density at radius 1 is 0.491 bits per heavy atom. The van der Waals surface area contributed by atoms with Crippen LogP contribution >= 0.6 is 0 Å². The van der Waals surface area contributed by atoms with E-state index >= 15 is 0 Å². The number of rotatable bonds is 23. The van der Waals surface area contributed by atoms with Crippen LogP contribution in [0.15, 0.2) is 79.4 Å². The molecule has 0 unspecified atom stereocenters. The average molecular weight is 1530 g/mol. The van der Waals surface area contributed by atoms with Crippen molar-refractivity contribution in [3.63, 3.8) is 0 Å². The van der Waals surface area contributed by atoms with E-state index in [2.05, 4.69) is 55.8 Å². The Kier molecular flexibility index (Phi) is 25.2. The molecule has 0 aliphatic carbocycles. The van der Waals surface area contributed by atoms with Crippen LogP contribution < -0.4 is 64.9 Å². The molecular weight excluding hydrogens is 1460 g/mol. The number of ether oxygens (including phenoxy) is 3. The minimum Gasteiger partial charge on any atom is -0.489 e. The second-order valence-electron chi connectivity index (χ2n) is 25.8. The van der Waals surface area contributed by atoms with Crippen molar-refractivity contribution >= 4 is 87.7 Å². The lowest BCUT2D eigenvalue weighted by atomic mass is 10.0. The van der Waals surface area contributed by atoms with E-state index in [-0.39, 0.29) is 102 Å². The number of carbonyl (C=O) groups excluding carboxylic acids is 6. The van der Waals surface area contributed by atoms with Crippen LogP contribution in [0.3, 0.4) is 0 Å². The Labute approximate surface area is 608 Å². The van der Waals surface area contributed by atoms with Crippen LogP contribution in [0.5, 0.6) is 17.5 Å². The molecule has 0 spiro atoms. The van der Waals surface area contributed by atoms with E-state index in [4.69, 9.17) is 29.5 Å². The third-order valence-corrected chi connectivity index (χ3v) is 17.8. The maximum atomic E-state index is 13.3. The number of Topliss-reactive ketones (excluding diaryl/α,β-unsaturated/α-hetero) is 2. The molecule has 6 aromatic heterocycles. The number of halogens is 9. The highest BCUT2D eigenvalue weighted by molar-refractivity contribution is 6.07. The molecule has 6 bridgehead atoms. The zero-order valence-corrected chi connectivity index (χ0v) is 57.7. The molecule has 42 heteroatoms. The van der Waals surface area contributed by atoms with Gasteiger partial charge in [0.2, 0.25) is 17.7 Å². The van der Waals surface area contributed by atoms with E-state index < -0.39 is 123 Å². The fraction of sp³-hybridized carbons (Fsp3) is 0.485. The molecule has 9 atom stereocenters. The molecule has 33 nitrogen and oxygen atoms in total. The Bertz CT molecular complexity index is 4040. The van der Waals surface area contributed by atoms with Crippen molar-refractivity contribution in [3.05, 3.63) is 96.5 Å². The quantitative estimate of drug-likeness (QED) is 0.0278. The van der Waals surface area contributed by atoms with Crippen molar-refractivity contribution in [2.75, 3.05) is 124 Å². The minimum atomic E-state index is -4.60. The molecule has 7 amide bonds. The van der Waals surface area contributed by atoms with Crippen LogP contribution in [0.25, 0.3) is 0 Å². The van der Waals surface area contributed by atoms with E-state index in [1.165, 1.54) is 75.9 Å². The molecule has 0 radical (unpaired) electrons. The van der Waals surface area contributed by atoms with Crippen molar-refractivity contribution in [2.24, 2.45) is 11.8 Å². The van der Waals surface area contributed by atoms with E-state index in [9.17, 15) is 83.6 Å². The van der Waals surface area contributed by atoms with Gasteiger partial charge >= 0.3 is 36.6 Å². The van der Waals surface area contributed by atoms with Gasteiger partial charge in [0.1, 0.15) is 72.8 Å². The molecular formula is C66H75F9N18O15. The van der Waals surface area contributed by atoms with Crippen molar-refractivity contribution in [1.29, 1.82) is 0 Å². The van der Waals surface area contributed by atoms with Gasteiger partial charge in [0.05, 0.1) is 85.4 Å². The number of urea groups is 3. The lowest BCUT2D eigenvalue weighted by Crippen LogP contribution is -2.49. The van der Waals surface area contributed by atoms with E-state index in [0.717, 1.165) is 20.8 Å². The number of hydrogen-bond acceptors (Lipinski definition) is 26. The number of hydrogen-bond donors (Lipinski definition) is 10. The third kappa shape index (κ3) is 19.5. The molecule has 6 aliphatic heterocycles. The molecule has 12 rings (SSSR count). The smallest absolute Gasteiger partial charge is 0.408 e. The molecule has 582 valence electrons. The Morgan fingerprint density at radius 2 is 0.926 bits per heavy atom. The van der Waals surface area contributed by atoms with Gasteiger partial charge < -0.3 is 64.9 Å². The Hall–Kier alpha value is -10.7. The Morgan fingerprint density at radius 3 is 1.37 bits per heavy atom. The molecule has 6 aliphatic rings. The molecule has 10 N–H and O–H groups in total. The molecule has 6 aromatic rings. The number of nitrogens with one attached hydrogen (secondary N) is 4.